The van der Waals surface area contributed by atoms with E-state index >= 15 is 0 Å². The van der Waals surface area contributed by atoms with Crippen molar-refractivity contribution in [2.75, 3.05) is 13.1 Å². The zero-order chi connectivity index (χ0) is 32.1. The number of benzene rings is 1. The molecule has 0 radical (unpaired) electrons. The van der Waals surface area contributed by atoms with Crippen molar-refractivity contribution in [3.05, 3.63) is 66.3 Å². The minimum Gasteiger partial charge on any atom is -0.480 e. The van der Waals surface area contributed by atoms with Crippen LogP contribution in [0.4, 0.5) is 4.79 Å². The number of H-pyrrole nitrogens is 2. The highest BCUT2D eigenvalue weighted by molar-refractivity contribution is 7.90. The molecule has 2 heterocycles. The van der Waals surface area contributed by atoms with Crippen molar-refractivity contribution in [2.24, 2.45) is 0 Å². The Hall–Kier alpha value is -5.26. The summed E-state index contributed by atoms with van der Waals surface area (Å²) in [6.07, 6.45) is 5.20. The van der Waals surface area contributed by atoms with E-state index in [2.05, 4.69) is 41.2 Å². The van der Waals surface area contributed by atoms with Gasteiger partial charge in [-0.15, -0.1) is 0 Å². The molecule has 0 spiro atoms. The van der Waals surface area contributed by atoms with Gasteiger partial charge in [-0.2, -0.15) is 0 Å². The van der Waals surface area contributed by atoms with E-state index in [1.54, 1.807) is 19.1 Å². The Labute approximate surface area is 252 Å². The highest BCUT2D eigenvalue weighted by atomic mass is 32.2. The summed E-state index contributed by atoms with van der Waals surface area (Å²) in [4.78, 5) is 74.7. The smallest absolute Gasteiger partial charge is 0.328 e. The van der Waals surface area contributed by atoms with Gasteiger partial charge in [-0.3, -0.25) is 14.4 Å². The molecular formula is C26H33N9O8S. The number of carboxylic acids is 1. The van der Waals surface area contributed by atoms with Crippen molar-refractivity contribution in [1.29, 1.82) is 0 Å². The van der Waals surface area contributed by atoms with E-state index in [-0.39, 0.29) is 43.7 Å². The van der Waals surface area contributed by atoms with Crippen molar-refractivity contribution >= 4 is 39.7 Å². The molecule has 2 aromatic heterocycles. The van der Waals surface area contributed by atoms with E-state index in [4.69, 9.17) is 0 Å². The van der Waals surface area contributed by atoms with Crippen molar-refractivity contribution in [1.82, 2.24) is 45.9 Å². The molecule has 0 aliphatic heterocycles. The number of sulfonamides is 1. The lowest BCUT2D eigenvalue weighted by molar-refractivity contribution is -0.141. The minimum atomic E-state index is -4.12. The number of carboxylic acid groups (broad SMARTS) is 1. The summed E-state index contributed by atoms with van der Waals surface area (Å²) in [6.45, 7) is 1.21. The molecule has 1 aromatic carbocycles. The van der Waals surface area contributed by atoms with E-state index < -0.39 is 51.8 Å². The number of nitrogens with zero attached hydrogens (tertiary/aromatic N) is 2. The largest absolute Gasteiger partial charge is 0.480 e. The quantitative estimate of drug-likeness (QED) is 0.0943. The Kier molecular flexibility index (Phi) is 12.0. The van der Waals surface area contributed by atoms with E-state index in [9.17, 15) is 37.5 Å². The number of amides is 5. The van der Waals surface area contributed by atoms with E-state index in [1.165, 1.54) is 37.2 Å². The van der Waals surface area contributed by atoms with E-state index in [1.807, 2.05) is 4.72 Å². The summed E-state index contributed by atoms with van der Waals surface area (Å²) in [5.41, 5.74) is 1.50. The molecule has 3 aromatic rings. The first-order valence-corrected chi connectivity index (χ1v) is 14.8. The van der Waals surface area contributed by atoms with Crippen LogP contribution in [0.5, 0.6) is 0 Å². The van der Waals surface area contributed by atoms with Gasteiger partial charge in [0.1, 0.15) is 12.1 Å². The SMILES string of the molecule is Cc1ccccc1S(=O)(=O)NC(=O)NCCC(=O)NC(Cc1cnc[nH]1)C(=O)NCCC(=O)NC(Cc1cnc[nH]1)C(=O)O. The van der Waals surface area contributed by atoms with Crippen LogP contribution in [0.25, 0.3) is 0 Å². The number of aryl methyl sites for hydroxylation is 1. The maximum atomic E-state index is 12.9. The van der Waals surface area contributed by atoms with Crippen LogP contribution >= 0.6 is 0 Å². The third kappa shape index (κ3) is 10.5. The monoisotopic (exact) mass is 631 g/mol. The van der Waals surface area contributed by atoms with Gasteiger partial charge < -0.3 is 36.3 Å². The topological polar surface area (TPSA) is 257 Å². The second kappa shape index (κ2) is 15.8. The molecule has 2 atom stereocenters. The predicted octanol–water partition coefficient (Wildman–Crippen LogP) is -1.13. The Morgan fingerprint density at radius 2 is 1.39 bits per heavy atom. The summed E-state index contributed by atoms with van der Waals surface area (Å²) in [5, 5.41) is 19.2. The molecule has 44 heavy (non-hydrogen) atoms. The molecule has 18 heteroatoms. The van der Waals surface area contributed by atoms with Crippen LogP contribution in [-0.4, -0.2) is 88.4 Å². The molecule has 0 saturated heterocycles. The Morgan fingerprint density at radius 3 is 1.93 bits per heavy atom. The first-order valence-electron chi connectivity index (χ1n) is 13.3. The number of aliphatic carboxylic acids is 1. The second-order valence-corrected chi connectivity index (χ2v) is 11.2. The zero-order valence-electron chi connectivity index (χ0n) is 23.6. The number of urea groups is 1. The average Bonchev–Trinajstić information content (AvgIpc) is 3.67. The van der Waals surface area contributed by atoms with Gasteiger partial charge in [0.15, 0.2) is 0 Å². The van der Waals surface area contributed by atoms with Crippen molar-refractivity contribution < 1.29 is 37.5 Å². The molecule has 0 aliphatic rings. The van der Waals surface area contributed by atoms with Crippen LogP contribution in [0.2, 0.25) is 0 Å². The van der Waals surface area contributed by atoms with E-state index in [0.717, 1.165) is 0 Å². The van der Waals surface area contributed by atoms with Gasteiger partial charge in [-0.05, 0) is 18.6 Å². The van der Waals surface area contributed by atoms with Crippen LogP contribution in [0.15, 0.2) is 54.2 Å². The fourth-order valence-electron chi connectivity index (χ4n) is 3.96. The number of hydrogen-bond donors (Lipinski definition) is 8. The number of aromatic amines is 2. The van der Waals surface area contributed by atoms with Gasteiger partial charge in [0.25, 0.3) is 10.0 Å². The third-order valence-corrected chi connectivity index (χ3v) is 7.63. The van der Waals surface area contributed by atoms with Gasteiger partial charge in [-0.25, -0.2) is 32.7 Å². The Bertz CT molecular complexity index is 1540. The van der Waals surface area contributed by atoms with E-state index in [0.29, 0.717) is 17.0 Å². The molecule has 17 nitrogen and oxygen atoms in total. The standard InChI is InChI=1S/C26H33N9O8S/c1-16-4-2-3-5-21(16)44(42,43)35-26(41)30-9-7-22(36)33-19(10-17-12-27-14-31-17)24(38)29-8-6-23(37)34-20(25(39)40)11-18-13-28-15-32-18/h2-5,12-15,19-20H,6-11H2,1H3,(H,27,31)(H,28,32)(H,29,38)(H,33,36)(H,34,37)(H,39,40)(H2,30,35,41). The molecule has 0 saturated carbocycles. The number of nitrogens with one attached hydrogen (secondary N) is 7. The molecule has 0 bridgehead atoms. The van der Waals surface area contributed by atoms with Crippen LogP contribution in [-0.2, 0) is 42.0 Å². The van der Waals surface area contributed by atoms with Crippen molar-refractivity contribution in [3.63, 3.8) is 0 Å². The Balaban J connectivity index is 1.47. The van der Waals surface area contributed by atoms with Crippen LogP contribution in [0.1, 0.15) is 29.8 Å². The van der Waals surface area contributed by atoms with Crippen molar-refractivity contribution in [2.45, 2.75) is 49.6 Å². The lowest BCUT2D eigenvalue weighted by atomic mass is 10.1. The molecule has 0 aliphatic carbocycles. The maximum Gasteiger partial charge on any atom is 0.328 e. The van der Waals surface area contributed by atoms with Gasteiger partial charge >= 0.3 is 12.0 Å². The zero-order valence-corrected chi connectivity index (χ0v) is 24.4. The number of rotatable bonds is 16. The number of hydrogen-bond acceptors (Lipinski definition) is 9. The molecular weight excluding hydrogens is 598 g/mol. The second-order valence-electron chi connectivity index (χ2n) is 9.56. The summed E-state index contributed by atoms with van der Waals surface area (Å²) in [5.74, 6) is -3.09. The van der Waals surface area contributed by atoms with Gasteiger partial charge in [-0.1, -0.05) is 18.2 Å². The lowest BCUT2D eigenvalue weighted by Crippen LogP contribution is -2.49. The number of carbonyl (C=O) groups is 5. The summed E-state index contributed by atoms with van der Waals surface area (Å²) < 4.78 is 26.8. The third-order valence-electron chi connectivity index (χ3n) is 6.14. The van der Waals surface area contributed by atoms with Crippen LogP contribution in [0, 0.1) is 6.92 Å². The van der Waals surface area contributed by atoms with Crippen LogP contribution in [0.3, 0.4) is 0 Å². The van der Waals surface area contributed by atoms with Gasteiger partial charge in [0.2, 0.25) is 17.7 Å². The van der Waals surface area contributed by atoms with Gasteiger partial charge in [0.05, 0.1) is 17.6 Å². The summed E-state index contributed by atoms with van der Waals surface area (Å²) >= 11 is 0. The number of carbonyl (C=O) groups excluding carboxylic acids is 4. The first-order chi connectivity index (χ1) is 20.9. The lowest BCUT2D eigenvalue weighted by Gasteiger charge is -2.18. The van der Waals surface area contributed by atoms with Crippen molar-refractivity contribution in [3.8, 4) is 0 Å². The highest BCUT2D eigenvalue weighted by Gasteiger charge is 2.24. The molecule has 8 N–H and O–H groups in total. The molecule has 3 rings (SSSR count). The number of aromatic nitrogens is 4. The summed E-state index contributed by atoms with van der Waals surface area (Å²) in [6, 6.07) is 2.80. The highest BCUT2D eigenvalue weighted by Crippen LogP contribution is 2.13. The fourth-order valence-corrected chi connectivity index (χ4v) is 5.13. The minimum absolute atomic E-state index is 0.00918. The van der Waals surface area contributed by atoms with Crippen LogP contribution < -0.4 is 26.0 Å². The average molecular weight is 632 g/mol. The number of imidazole rings is 2. The van der Waals surface area contributed by atoms with Gasteiger partial charge in [0, 0.05) is 62.6 Å². The molecule has 236 valence electrons. The maximum absolute atomic E-state index is 12.9. The molecule has 5 amide bonds. The Morgan fingerprint density at radius 1 is 0.841 bits per heavy atom. The summed E-state index contributed by atoms with van der Waals surface area (Å²) in [7, 11) is -4.12. The first kappa shape index (κ1) is 33.2. The molecule has 0 fully saturated rings. The molecule has 2 unspecified atom stereocenters. The normalized spacial score (nSPS) is 12.4. The fraction of sp³-hybridized carbons (Fsp3) is 0.346. The predicted molar refractivity (Wildman–Crippen MR) is 153 cm³/mol.